The predicted octanol–water partition coefficient (Wildman–Crippen LogP) is 0.814. The minimum atomic E-state index is 0.656. The SMILES string of the molecule is CC1CC=C(N(C)C)CN1. The largest absolute Gasteiger partial charge is 0.380 e. The van der Waals surface area contributed by atoms with Gasteiger partial charge in [-0.25, -0.2) is 0 Å². The Kier molecular flexibility index (Phi) is 2.33. The molecule has 2 heteroatoms. The zero-order chi connectivity index (χ0) is 7.56. The molecule has 0 aromatic heterocycles. The van der Waals surface area contributed by atoms with E-state index in [1.807, 2.05) is 0 Å². The first kappa shape index (κ1) is 7.61. The molecule has 1 aliphatic heterocycles. The maximum atomic E-state index is 3.40. The topological polar surface area (TPSA) is 15.3 Å². The summed E-state index contributed by atoms with van der Waals surface area (Å²) in [6.07, 6.45) is 3.47. The molecule has 1 unspecified atom stereocenters. The average Bonchev–Trinajstić information content (AvgIpc) is 1.88. The van der Waals surface area contributed by atoms with Crippen LogP contribution in [0.3, 0.4) is 0 Å². The summed E-state index contributed by atoms with van der Waals surface area (Å²) in [4.78, 5) is 2.17. The second-order valence-corrected chi connectivity index (χ2v) is 3.11. The highest BCUT2D eigenvalue weighted by molar-refractivity contribution is 5.06. The van der Waals surface area contributed by atoms with Crippen LogP contribution < -0.4 is 5.32 Å². The minimum absolute atomic E-state index is 0.656. The van der Waals surface area contributed by atoms with Crippen molar-refractivity contribution in [3.63, 3.8) is 0 Å². The van der Waals surface area contributed by atoms with Crippen molar-refractivity contribution < 1.29 is 0 Å². The zero-order valence-electron chi connectivity index (χ0n) is 7.02. The van der Waals surface area contributed by atoms with Crippen LogP contribution in [0.5, 0.6) is 0 Å². The highest BCUT2D eigenvalue weighted by Crippen LogP contribution is 2.07. The van der Waals surface area contributed by atoms with Gasteiger partial charge in [-0.05, 0) is 13.3 Å². The fraction of sp³-hybridized carbons (Fsp3) is 0.750. The zero-order valence-corrected chi connectivity index (χ0v) is 7.02. The molecule has 0 bridgehead atoms. The summed E-state index contributed by atoms with van der Waals surface area (Å²) in [7, 11) is 4.17. The molecule has 0 aromatic carbocycles. The lowest BCUT2D eigenvalue weighted by Gasteiger charge is -2.25. The van der Waals surface area contributed by atoms with Gasteiger partial charge in [0.1, 0.15) is 0 Å². The van der Waals surface area contributed by atoms with Crippen molar-refractivity contribution in [2.75, 3.05) is 20.6 Å². The summed E-state index contributed by atoms with van der Waals surface area (Å²) in [5, 5.41) is 3.40. The van der Waals surface area contributed by atoms with E-state index in [0.717, 1.165) is 13.0 Å². The van der Waals surface area contributed by atoms with Gasteiger partial charge in [0.2, 0.25) is 0 Å². The standard InChI is InChI=1S/C8H16N2/c1-7-4-5-8(6-9-7)10(2)3/h5,7,9H,4,6H2,1-3H3. The van der Waals surface area contributed by atoms with E-state index >= 15 is 0 Å². The molecule has 1 heterocycles. The Morgan fingerprint density at radius 2 is 2.30 bits per heavy atom. The van der Waals surface area contributed by atoms with Crippen LogP contribution in [0.2, 0.25) is 0 Å². The van der Waals surface area contributed by atoms with Crippen molar-refractivity contribution >= 4 is 0 Å². The number of hydrogen-bond acceptors (Lipinski definition) is 2. The van der Waals surface area contributed by atoms with Gasteiger partial charge in [0.15, 0.2) is 0 Å². The molecule has 2 nitrogen and oxygen atoms in total. The van der Waals surface area contributed by atoms with Crippen LogP contribution in [-0.2, 0) is 0 Å². The number of nitrogens with zero attached hydrogens (tertiary/aromatic N) is 1. The smallest absolute Gasteiger partial charge is 0.0354 e. The van der Waals surface area contributed by atoms with E-state index in [2.05, 4.69) is 37.3 Å². The van der Waals surface area contributed by atoms with Gasteiger partial charge in [0.05, 0.1) is 0 Å². The van der Waals surface area contributed by atoms with E-state index in [1.54, 1.807) is 0 Å². The van der Waals surface area contributed by atoms with Crippen LogP contribution in [-0.4, -0.2) is 31.6 Å². The quantitative estimate of drug-likeness (QED) is 0.580. The third-order valence-electron chi connectivity index (χ3n) is 1.91. The molecule has 0 spiro atoms. The van der Waals surface area contributed by atoms with Crippen LogP contribution >= 0.6 is 0 Å². The summed E-state index contributed by atoms with van der Waals surface area (Å²) < 4.78 is 0. The monoisotopic (exact) mass is 140 g/mol. The Labute approximate surface area is 62.9 Å². The fourth-order valence-electron chi connectivity index (χ4n) is 1.09. The Morgan fingerprint density at radius 1 is 1.60 bits per heavy atom. The van der Waals surface area contributed by atoms with Crippen molar-refractivity contribution in [2.45, 2.75) is 19.4 Å². The summed E-state index contributed by atoms with van der Waals surface area (Å²) >= 11 is 0. The third kappa shape index (κ3) is 1.74. The number of nitrogens with one attached hydrogen (secondary N) is 1. The minimum Gasteiger partial charge on any atom is -0.380 e. The molecule has 10 heavy (non-hydrogen) atoms. The molecule has 0 saturated heterocycles. The number of likely N-dealkylation sites (N-methyl/N-ethyl adjacent to an activating group) is 1. The van der Waals surface area contributed by atoms with Crippen molar-refractivity contribution in [1.29, 1.82) is 0 Å². The Morgan fingerprint density at radius 3 is 2.70 bits per heavy atom. The first-order valence-electron chi connectivity index (χ1n) is 3.80. The van der Waals surface area contributed by atoms with Gasteiger partial charge in [-0.3, -0.25) is 0 Å². The molecule has 1 rings (SSSR count). The lowest BCUT2D eigenvalue weighted by molar-refractivity contribution is 0.437. The van der Waals surface area contributed by atoms with Gasteiger partial charge in [-0.15, -0.1) is 0 Å². The molecule has 1 atom stereocenters. The van der Waals surface area contributed by atoms with Gasteiger partial charge in [-0.2, -0.15) is 0 Å². The average molecular weight is 140 g/mol. The summed E-state index contributed by atoms with van der Waals surface area (Å²) in [6, 6.07) is 0.656. The molecule has 1 N–H and O–H groups in total. The van der Waals surface area contributed by atoms with E-state index < -0.39 is 0 Å². The van der Waals surface area contributed by atoms with Crippen LogP contribution in [0.15, 0.2) is 11.8 Å². The van der Waals surface area contributed by atoms with Crippen LogP contribution in [0.4, 0.5) is 0 Å². The Hall–Kier alpha value is -0.500. The summed E-state index contributed by atoms with van der Waals surface area (Å²) in [5.41, 5.74) is 1.40. The van der Waals surface area contributed by atoms with Gasteiger partial charge < -0.3 is 10.2 Å². The first-order chi connectivity index (χ1) is 4.70. The van der Waals surface area contributed by atoms with Crippen molar-refractivity contribution in [1.82, 2.24) is 10.2 Å². The van der Waals surface area contributed by atoms with E-state index in [9.17, 15) is 0 Å². The highest BCUT2D eigenvalue weighted by Gasteiger charge is 2.08. The summed E-state index contributed by atoms with van der Waals surface area (Å²) in [6.45, 7) is 3.23. The van der Waals surface area contributed by atoms with E-state index in [-0.39, 0.29) is 0 Å². The Bertz CT molecular complexity index is 138. The molecule has 0 saturated carbocycles. The molecular weight excluding hydrogens is 124 g/mol. The van der Waals surface area contributed by atoms with Gasteiger partial charge in [0.25, 0.3) is 0 Å². The van der Waals surface area contributed by atoms with Gasteiger partial charge in [0, 0.05) is 32.4 Å². The normalized spacial score (nSPS) is 25.9. The number of hydrogen-bond donors (Lipinski definition) is 1. The van der Waals surface area contributed by atoms with Crippen LogP contribution in [0.25, 0.3) is 0 Å². The van der Waals surface area contributed by atoms with Crippen molar-refractivity contribution in [3.8, 4) is 0 Å². The molecule has 58 valence electrons. The van der Waals surface area contributed by atoms with E-state index in [1.165, 1.54) is 5.70 Å². The van der Waals surface area contributed by atoms with Gasteiger partial charge >= 0.3 is 0 Å². The molecule has 0 fully saturated rings. The summed E-state index contributed by atoms with van der Waals surface area (Å²) in [5.74, 6) is 0. The fourth-order valence-corrected chi connectivity index (χ4v) is 1.09. The molecule has 0 radical (unpaired) electrons. The van der Waals surface area contributed by atoms with Crippen LogP contribution in [0.1, 0.15) is 13.3 Å². The maximum Gasteiger partial charge on any atom is 0.0354 e. The molecular formula is C8H16N2. The highest BCUT2D eigenvalue weighted by atomic mass is 15.1. The molecule has 0 amide bonds. The maximum absolute atomic E-state index is 3.40. The van der Waals surface area contributed by atoms with Crippen molar-refractivity contribution in [3.05, 3.63) is 11.8 Å². The lowest BCUT2D eigenvalue weighted by atomic mass is 10.1. The second-order valence-electron chi connectivity index (χ2n) is 3.11. The lowest BCUT2D eigenvalue weighted by Crippen LogP contribution is -2.35. The number of rotatable bonds is 1. The third-order valence-corrected chi connectivity index (χ3v) is 1.91. The molecule has 0 aliphatic carbocycles. The van der Waals surface area contributed by atoms with Crippen LogP contribution in [0, 0.1) is 0 Å². The predicted molar refractivity (Wildman–Crippen MR) is 43.9 cm³/mol. The van der Waals surface area contributed by atoms with Gasteiger partial charge in [-0.1, -0.05) is 6.08 Å². The molecule has 1 aliphatic rings. The van der Waals surface area contributed by atoms with E-state index in [4.69, 9.17) is 0 Å². The second kappa shape index (κ2) is 3.06. The Balaban J connectivity index is 2.48. The molecule has 0 aromatic rings. The van der Waals surface area contributed by atoms with Crippen molar-refractivity contribution in [2.24, 2.45) is 0 Å². The van der Waals surface area contributed by atoms with E-state index in [0.29, 0.717) is 6.04 Å². The first-order valence-corrected chi connectivity index (χ1v) is 3.80.